The lowest BCUT2D eigenvalue weighted by molar-refractivity contribution is 0.184. The molecular weight excluding hydrogens is 318 g/mol. The molecule has 0 aliphatic carbocycles. The highest BCUT2D eigenvalue weighted by Crippen LogP contribution is 2.21. The van der Waals surface area contributed by atoms with Crippen molar-refractivity contribution in [2.45, 2.75) is 19.8 Å². The molecule has 0 aliphatic heterocycles. The van der Waals surface area contributed by atoms with E-state index in [2.05, 4.69) is 15.9 Å². The second-order valence-corrected chi connectivity index (χ2v) is 5.35. The van der Waals surface area contributed by atoms with E-state index >= 15 is 0 Å². The van der Waals surface area contributed by atoms with Crippen molar-refractivity contribution in [2.24, 2.45) is 5.73 Å². The van der Waals surface area contributed by atoms with Crippen molar-refractivity contribution in [3.8, 4) is 5.75 Å². The van der Waals surface area contributed by atoms with Gasteiger partial charge in [-0.25, -0.2) is 0 Å². The fourth-order valence-corrected chi connectivity index (χ4v) is 2.43. The number of halogens is 1. The molecule has 106 valence electrons. The molecule has 0 aliphatic rings. The first-order chi connectivity index (χ1) is 9.72. The fraction of sp³-hybridized carbons (Fsp3) is 0.250. The maximum atomic E-state index is 5.82. The summed E-state index contributed by atoms with van der Waals surface area (Å²) in [5.41, 5.74) is 8.91. The van der Waals surface area contributed by atoms with Crippen molar-refractivity contribution in [3.63, 3.8) is 0 Å². The molecule has 0 radical (unpaired) electrons. The van der Waals surface area contributed by atoms with Gasteiger partial charge >= 0.3 is 0 Å². The summed E-state index contributed by atoms with van der Waals surface area (Å²) in [6, 6.07) is 14.0. The van der Waals surface area contributed by atoms with Gasteiger partial charge in [-0.1, -0.05) is 40.2 Å². The zero-order chi connectivity index (χ0) is 14.4. The lowest BCUT2D eigenvalue weighted by Gasteiger charge is -2.10. The summed E-state index contributed by atoms with van der Waals surface area (Å²) < 4.78 is 12.0. The monoisotopic (exact) mass is 335 g/mol. The van der Waals surface area contributed by atoms with Gasteiger partial charge in [-0.05, 0) is 29.3 Å². The van der Waals surface area contributed by atoms with Crippen molar-refractivity contribution < 1.29 is 9.47 Å². The van der Waals surface area contributed by atoms with E-state index < -0.39 is 0 Å². The highest BCUT2D eigenvalue weighted by atomic mass is 79.9. The van der Waals surface area contributed by atoms with Crippen LogP contribution in [0.25, 0.3) is 0 Å². The van der Waals surface area contributed by atoms with Gasteiger partial charge in [0.1, 0.15) is 12.4 Å². The number of nitrogens with two attached hydrogens (primary N) is 1. The maximum absolute atomic E-state index is 5.82. The smallest absolute Gasteiger partial charge is 0.120 e. The molecule has 0 atom stereocenters. The normalized spacial score (nSPS) is 10.6. The summed E-state index contributed by atoms with van der Waals surface area (Å²) in [6.45, 7) is 1.65. The van der Waals surface area contributed by atoms with Crippen LogP contribution in [0, 0.1) is 0 Å². The molecular formula is C16H18BrNO2. The third kappa shape index (κ3) is 4.07. The van der Waals surface area contributed by atoms with Gasteiger partial charge in [0, 0.05) is 23.7 Å². The van der Waals surface area contributed by atoms with Gasteiger partial charge in [-0.3, -0.25) is 0 Å². The Hall–Kier alpha value is -1.36. The second-order valence-electron chi connectivity index (χ2n) is 4.50. The average molecular weight is 336 g/mol. The van der Waals surface area contributed by atoms with Crippen LogP contribution in [0.2, 0.25) is 0 Å². The Labute approximate surface area is 127 Å². The highest BCUT2D eigenvalue weighted by molar-refractivity contribution is 9.10. The third-order valence-electron chi connectivity index (χ3n) is 2.96. The lowest BCUT2D eigenvalue weighted by atomic mass is 10.1. The van der Waals surface area contributed by atoms with E-state index in [1.54, 1.807) is 7.11 Å². The van der Waals surface area contributed by atoms with Crippen molar-refractivity contribution in [3.05, 3.63) is 63.6 Å². The summed E-state index contributed by atoms with van der Waals surface area (Å²) in [6.07, 6.45) is 0. The van der Waals surface area contributed by atoms with E-state index in [0.29, 0.717) is 19.8 Å². The van der Waals surface area contributed by atoms with E-state index in [-0.39, 0.29) is 0 Å². The summed E-state index contributed by atoms with van der Waals surface area (Å²) in [5.74, 6) is 0.842. The van der Waals surface area contributed by atoms with E-state index in [4.69, 9.17) is 15.2 Å². The molecule has 0 bridgehead atoms. The van der Waals surface area contributed by atoms with Crippen LogP contribution < -0.4 is 10.5 Å². The van der Waals surface area contributed by atoms with Crippen LogP contribution in [0.1, 0.15) is 16.7 Å². The largest absolute Gasteiger partial charge is 0.489 e. The first-order valence-electron chi connectivity index (χ1n) is 6.41. The SMILES string of the molecule is COCc1cccc(OCc2ccc(CN)cc2Br)c1. The van der Waals surface area contributed by atoms with Gasteiger partial charge in [0.25, 0.3) is 0 Å². The van der Waals surface area contributed by atoms with Crippen molar-refractivity contribution >= 4 is 15.9 Å². The summed E-state index contributed by atoms with van der Waals surface area (Å²) in [4.78, 5) is 0. The molecule has 2 aromatic carbocycles. The first kappa shape index (κ1) is 15.0. The Balaban J connectivity index is 2.03. The minimum absolute atomic E-state index is 0.516. The summed E-state index contributed by atoms with van der Waals surface area (Å²) in [7, 11) is 1.68. The van der Waals surface area contributed by atoms with Gasteiger partial charge in [0.15, 0.2) is 0 Å². The van der Waals surface area contributed by atoms with Crippen molar-refractivity contribution in [2.75, 3.05) is 7.11 Å². The fourth-order valence-electron chi connectivity index (χ4n) is 1.89. The topological polar surface area (TPSA) is 44.5 Å². The molecule has 0 amide bonds. The molecule has 0 saturated heterocycles. The molecule has 0 unspecified atom stereocenters. The molecule has 0 spiro atoms. The predicted molar refractivity (Wildman–Crippen MR) is 83.5 cm³/mol. The number of benzene rings is 2. The number of hydrogen-bond acceptors (Lipinski definition) is 3. The Morgan fingerprint density at radius 1 is 1.05 bits per heavy atom. The van der Waals surface area contributed by atoms with Crippen molar-refractivity contribution in [1.82, 2.24) is 0 Å². The zero-order valence-electron chi connectivity index (χ0n) is 11.4. The Kier molecular flexibility index (Phi) is 5.59. The van der Waals surface area contributed by atoms with Crippen LogP contribution in [0.15, 0.2) is 46.9 Å². The summed E-state index contributed by atoms with van der Waals surface area (Å²) in [5, 5.41) is 0. The van der Waals surface area contributed by atoms with Gasteiger partial charge in [0.05, 0.1) is 6.61 Å². The molecule has 4 heteroatoms. The van der Waals surface area contributed by atoms with Crippen LogP contribution in [0.5, 0.6) is 5.75 Å². The van der Waals surface area contributed by atoms with Gasteiger partial charge < -0.3 is 15.2 Å². The van der Waals surface area contributed by atoms with Crippen LogP contribution in [-0.2, 0) is 24.5 Å². The Morgan fingerprint density at radius 2 is 1.90 bits per heavy atom. The molecule has 2 aromatic rings. The molecule has 0 aromatic heterocycles. The molecule has 3 nitrogen and oxygen atoms in total. The third-order valence-corrected chi connectivity index (χ3v) is 3.70. The van der Waals surface area contributed by atoms with Gasteiger partial charge in [-0.15, -0.1) is 0 Å². The van der Waals surface area contributed by atoms with Crippen LogP contribution in [0.3, 0.4) is 0 Å². The van der Waals surface area contributed by atoms with E-state index in [9.17, 15) is 0 Å². The molecule has 20 heavy (non-hydrogen) atoms. The van der Waals surface area contributed by atoms with Crippen LogP contribution >= 0.6 is 15.9 Å². The zero-order valence-corrected chi connectivity index (χ0v) is 13.0. The van der Waals surface area contributed by atoms with Crippen molar-refractivity contribution in [1.29, 1.82) is 0 Å². The van der Waals surface area contributed by atoms with Gasteiger partial charge in [0.2, 0.25) is 0 Å². The Morgan fingerprint density at radius 3 is 2.60 bits per heavy atom. The van der Waals surface area contributed by atoms with E-state index in [1.165, 1.54) is 0 Å². The minimum atomic E-state index is 0.516. The van der Waals surface area contributed by atoms with E-state index in [1.807, 2.05) is 42.5 Å². The summed E-state index contributed by atoms with van der Waals surface area (Å²) >= 11 is 3.55. The number of hydrogen-bond donors (Lipinski definition) is 1. The second kappa shape index (κ2) is 7.43. The molecule has 2 rings (SSSR count). The van der Waals surface area contributed by atoms with E-state index in [0.717, 1.165) is 26.9 Å². The minimum Gasteiger partial charge on any atom is -0.489 e. The standard InChI is InChI=1S/C16H18BrNO2/c1-19-10-13-3-2-4-15(7-13)20-11-14-6-5-12(9-18)8-16(14)17/h2-8H,9-11,18H2,1H3. The predicted octanol–water partition coefficient (Wildman–Crippen LogP) is 3.63. The first-order valence-corrected chi connectivity index (χ1v) is 7.20. The highest BCUT2D eigenvalue weighted by Gasteiger charge is 2.03. The maximum Gasteiger partial charge on any atom is 0.120 e. The molecule has 0 heterocycles. The Bertz CT molecular complexity index is 572. The lowest BCUT2D eigenvalue weighted by Crippen LogP contribution is -2.00. The van der Waals surface area contributed by atoms with Crippen LogP contribution in [-0.4, -0.2) is 7.11 Å². The molecule has 0 saturated carbocycles. The molecule has 2 N–H and O–H groups in total. The quantitative estimate of drug-likeness (QED) is 0.876. The van der Waals surface area contributed by atoms with Gasteiger partial charge in [-0.2, -0.15) is 0 Å². The molecule has 0 fully saturated rings. The number of rotatable bonds is 6. The van der Waals surface area contributed by atoms with Crippen LogP contribution in [0.4, 0.5) is 0 Å². The average Bonchev–Trinajstić information content (AvgIpc) is 2.46. The number of ether oxygens (including phenoxy) is 2. The number of methoxy groups -OCH3 is 1.